The molecule has 230 valence electrons. The molecule has 6 bridgehead atoms. The summed E-state index contributed by atoms with van der Waals surface area (Å²) in [5, 5.41) is 6.00. The van der Waals surface area contributed by atoms with Gasteiger partial charge in [-0.15, -0.1) is 0 Å². The first-order valence-electron chi connectivity index (χ1n) is 14.6. The minimum atomic E-state index is -0.527. The number of nitrogens with two attached hydrogens (primary N) is 1. The lowest BCUT2D eigenvalue weighted by Crippen LogP contribution is -2.58. The maximum Gasteiger partial charge on any atom is 0.258 e. The Balaban J connectivity index is 1.34. The monoisotopic (exact) mass is 607 g/mol. The quantitative estimate of drug-likeness (QED) is 0.314. The normalized spacial score (nSPS) is 18.4. The molecule has 2 atom stereocenters. The fraction of sp³-hybridized carbons (Fsp3) is 0.235. The Morgan fingerprint density at radius 3 is 2.64 bits per heavy atom. The number of pyridine rings is 1. The van der Waals surface area contributed by atoms with Crippen LogP contribution in [0.5, 0.6) is 17.2 Å². The van der Waals surface area contributed by atoms with E-state index < -0.39 is 12.1 Å². The Kier molecular flexibility index (Phi) is 8.50. The lowest BCUT2D eigenvalue weighted by atomic mass is 9.98. The number of carbonyl (C=O) groups is 3. The largest absolute Gasteiger partial charge is 0.496 e. The van der Waals surface area contributed by atoms with E-state index >= 15 is 0 Å². The van der Waals surface area contributed by atoms with Crippen LogP contribution in [0, 0.1) is 0 Å². The van der Waals surface area contributed by atoms with E-state index in [9.17, 15) is 14.4 Å². The Morgan fingerprint density at radius 2 is 1.84 bits per heavy atom. The van der Waals surface area contributed by atoms with Crippen molar-refractivity contribution in [3.63, 3.8) is 0 Å². The summed E-state index contributed by atoms with van der Waals surface area (Å²) in [6, 6.07) is 22.5. The van der Waals surface area contributed by atoms with Crippen molar-refractivity contribution >= 4 is 23.5 Å². The fourth-order valence-corrected chi connectivity index (χ4v) is 5.50. The second-order valence-electron chi connectivity index (χ2n) is 10.9. The average molecular weight is 608 g/mol. The Morgan fingerprint density at radius 1 is 1.00 bits per heavy atom. The van der Waals surface area contributed by atoms with Crippen LogP contribution in [0.15, 0.2) is 85.1 Å². The summed E-state index contributed by atoms with van der Waals surface area (Å²) in [5.41, 5.74) is 8.97. The number of methoxy groups -OCH3 is 1. The molecule has 1 saturated heterocycles. The summed E-state index contributed by atoms with van der Waals surface area (Å²) in [6.07, 6.45) is 1.57. The standard InChI is InChI=1S/C34H33N5O6/c1-43-29-10-7-23-16-27(29)22-3-2-4-26(15-22)44-20-32(40)37-18-21-5-8-25(9-6-21)45-30-12-14-39(19-28(30)38-33(23)41)34(42)24-11-13-36-31(35)17-24/h2-11,13,15-17,28,30H,12,14,18-20H2,1H3,(H2,35,36)(H,37,40)(H,38,41)/t28-,30-/m1/s1. The number of piperidine rings is 1. The molecule has 3 aliphatic rings. The number of hydrogen-bond acceptors (Lipinski definition) is 8. The number of benzene rings is 3. The number of amides is 3. The third-order valence-corrected chi connectivity index (χ3v) is 7.86. The third kappa shape index (κ3) is 6.82. The van der Waals surface area contributed by atoms with Crippen molar-refractivity contribution in [1.82, 2.24) is 20.5 Å². The summed E-state index contributed by atoms with van der Waals surface area (Å²) in [4.78, 5) is 45.4. The summed E-state index contributed by atoms with van der Waals surface area (Å²) in [5.74, 6) is 1.15. The lowest BCUT2D eigenvalue weighted by Gasteiger charge is -2.39. The molecule has 0 radical (unpaired) electrons. The highest BCUT2D eigenvalue weighted by Crippen LogP contribution is 2.33. The highest BCUT2D eigenvalue weighted by molar-refractivity contribution is 5.97. The number of fused-ring (bicyclic) bond motifs is 7. The number of ether oxygens (including phenoxy) is 3. The van der Waals surface area contributed by atoms with Crippen LogP contribution in [0.3, 0.4) is 0 Å². The molecule has 11 heteroatoms. The van der Waals surface area contributed by atoms with Crippen molar-refractivity contribution in [2.45, 2.75) is 25.1 Å². The molecule has 0 saturated carbocycles. The van der Waals surface area contributed by atoms with Crippen LogP contribution in [-0.2, 0) is 11.3 Å². The van der Waals surface area contributed by atoms with Crippen molar-refractivity contribution < 1.29 is 28.6 Å². The van der Waals surface area contributed by atoms with Gasteiger partial charge in [0.05, 0.1) is 13.2 Å². The number of carbonyl (C=O) groups excluding carboxylic acids is 3. The number of anilines is 1. The molecule has 4 heterocycles. The van der Waals surface area contributed by atoms with E-state index in [1.807, 2.05) is 36.4 Å². The van der Waals surface area contributed by atoms with Crippen LogP contribution in [0.25, 0.3) is 11.1 Å². The molecule has 4 N–H and O–H groups in total. The second kappa shape index (κ2) is 13.0. The molecule has 1 fully saturated rings. The second-order valence-corrected chi connectivity index (χ2v) is 10.9. The Labute approximate surface area is 260 Å². The van der Waals surface area contributed by atoms with Gasteiger partial charge in [0.1, 0.15) is 29.2 Å². The van der Waals surface area contributed by atoms with Crippen LogP contribution >= 0.6 is 0 Å². The fourth-order valence-electron chi connectivity index (χ4n) is 5.50. The minimum Gasteiger partial charge on any atom is -0.496 e. The first-order chi connectivity index (χ1) is 21.9. The number of hydrogen-bond donors (Lipinski definition) is 3. The molecule has 45 heavy (non-hydrogen) atoms. The first-order valence-corrected chi connectivity index (χ1v) is 14.6. The lowest BCUT2D eigenvalue weighted by molar-refractivity contribution is -0.123. The molecular formula is C34H33N5O6. The van der Waals surface area contributed by atoms with Gasteiger partial charge in [0, 0.05) is 48.9 Å². The van der Waals surface area contributed by atoms with Gasteiger partial charge in [0.15, 0.2) is 6.61 Å². The number of nitrogens with zero attached hydrogens (tertiary/aromatic N) is 2. The van der Waals surface area contributed by atoms with Gasteiger partial charge in [-0.3, -0.25) is 14.4 Å². The van der Waals surface area contributed by atoms with Crippen molar-refractivity contribution in [3.05, 3.63) is 102 Å². The van der Waals surface area contributed by atoms with E-state index in [4.69, 9.17) is 19.9 Å². The van der Waals surface area contributed by atoms with E-state index in [1.165, 1.54) is 6.20 Å². The molecule has 0 unspecified atom stereocenters. The molecule has 11 nitrogen and oxygen atoms in total. The minimum absolute atomic E-state index is 0.151. The van der Waals surface area contributed by atoms with Crippen LogP contribution in [0.4, 0.5) is 5.82 Å². The van der Waals surface area contributed by atoms with Crippen molar-refractivity contribution in [2.75, 3.05) is 32.5 Å². The Bertz CT molecular complexity index is 1730. The van der Waals surface area contributed by atoms with E-state index in [2.05, 4.69) is 15.6 Å². The zero-order chi connectivity index (χ0) is 31.3. The van der Waals surface area contributed by atoms with E-state index in [1.54, 1.807) is 54.5 Å². The van der Waals surface area contributed by atoms with E-state index in [0.29, 0.717) is 53.4 Å². The van der Waals surface area contributed by atoms with Crippen molar-refractivity contribution in [1.29, 1.82) is 0 Å². The van der Waals surface area contributed by atoms with Crippen LogP contribution in [0.1, 0.15) is 32.7 Å². The van der Waals surface area contributed by atoms with E-state index in [-0.39, 0.29) is 36.7 Å². The van der Waals surface area contributed by atoms with E-state index in [0.717, 1.165) is 11.1 Å². The third-order valence-electron chi connectivity index (χ3n) is 7.86. The Hall–Kier alpha value is -5.58. The summed E-state index contributed by atoms with van der Waals surface area (Å²) in [7, 11) is 1.56. The van der Waals surface area contributed by atoms with Crippen LogP contribution in [-0.4, -0.2) is 66.6 Å². The number of nitrogens with one attached hydrogen (secondary N) is 2. The van der Waals surface area contributed by atoms with Gasteiger partial charge in [-0.25, -0.2) is 4.98 Å². The zero-order valence-corrected chi connectivity index (χ0v) is 24.7. The molecular weight excluding hydrogens is 574 g/mol. The number of rotatable bonds is 2. The highest BCUT2D eigenvalue weighted by Gasteiger charge is 2.35. The summed E-state index contributed by atoms with van der Waals surface area (Å²) < 4.78 is 17.8. The molecule has 1 aromatic heterocycles. The van der Waals surface area contributed by atoms with Gasteiger partial charge in [-0.05, 0) is 65.7 Å². The maximum absolute atomic E-state index is 13.8. The van der Waals surface area contributed by atoms with Crippen molar-refractivity contribution in [3.8, 4) is 28.4 Å². The van der Waals surface area contributed by atoms with Gasteiger partial charge in [-0.2, -0.15) is 0 Å². The SMILES string of the molecule is COc1ccc2cc1-c1cccc(c1)OCC(=O)NCc1ccc(cc1)O[C@@H]1CCN(C(=O)c3ccnc(N)c3)C[C@H]1NC2=O. The summed E-state index contributed by atoms with van der Waals surface area (Å²) >= 11 is 0. The molecule has 3 aliphatic heterocycles. The molecule has 4 aromatic rings. The molecule has 7 rings (SSSR count). The first kappa shape index (κ1) is 29.5. The van der Waals surface area contributed by atoms with Gasteiger partial charge in [0.2, 0.25) is 0 Å². The highest BCUT2D eigenvalue weighted by atomic mass is 16.5. The van der Waals surface area contributed by atoms with Crippen molar-refractivity contribution in [2.24, 2.45) is 0 Å². The van der Waals surface area contributed by atoms with Gasteiger partial charge in [-0.1, -0.05) is 24.3 Å². The smallest absolute Gasteiger partial charge is 0.258 e. The molecule has 0 spiro atoms. The molecule has 0 aliphatic carbocycles. The zero-order valence-electron chi connectivity index (χ0n) is 24.7. The average Bonchev–Trinajstić information content (AvgIpc) is 3.07. The predicted molar refractivity (Wildman–Crippen MR) is 167 cm³/mol. The van der Waals surface area contributed by atoms with Gasteiger partial charge < -0.3 is 35.5 Å². The van der Waals surface area contributed by atoms with Gasteiger partial charge in [0.25, 0.3) is 17.7 Å². The predicted octanol–water partition coefficient (Wildman–Crippen LogP) is 3.44. The molecule has 3 aromatic carbocycles. The topological polar surface area (TPSA) is 145 Å². The molecule has 3 amide bonds. The van der Waals surface area contributed by atoms with Gasteiger partial charge >= 0.3 is 0 Å². The summed E-state index contributed by atoms with van der Waals surface area (Å²) in [6.45, 7) is 0.823. The van der Waals surface area contributed by atoms with Crippen LogP contribution < -0.4 is 30.6 Å². The number of nitrogen functional groups attached to an aromatic ring is 1. The number of likely N-dealkylation sites (tertiary alicyclic amines) is 1. The van der Waals surface area contributed by atoms with Crippen LogP contribution in [0.2, 0.25) is 0 Å². The number of aromatic nitrogens is 1. The maximum atomic E-state index is 13.8.